The topological polar surface area (TPSA) is 164 Å². The van der Waals surface area contributed by atoms with Gasteiger partial charge in [0.2, 0.25) is 0 Å². The fourth-order valence-corrected chi connectivity index (χ4v) is 6.93. The Balaban J connectivity index is 1.90. The summed E-state index contributed by atoms with van der Waals surface area (Å²) in [6, 6.07) is 6.52. The molecule has 0 aliphatic carbocycles. The first kappa shape index (κ1) is 35.5. The molecule has 0 radical (unpaired) electrons. The van der Waals surface area contributed by atoms with Crippen molar-refractivity contribution in [1.29, 1.82) is 0 Å². The molecule has 4 aromatic rings. The molecule has 0 bridgehead atoms. The van der Waals surface area contributed by atoms with Crippen LogP contribution in [-0.4, -0.2) is 80.1 Å². The van der Waals surface area contributed by atoms with Crippen molar-refractivity contribution in [3.63, 3.8) is 0 Å². The number of piperazine rings is 1. The van der Waals surface area contributed by atoms with Crippen molar-refractivity contribution in [2.75, 3.05) is 38.3 Å². The maximum Gasteiger partial charge on any atom is 0.407 e. The number of methoxy groups -OCH3 is 1. The third-order valence-electron chi connectivity index (χ3n) is 9.00. The van der Waals surface area contributed by atoms with E-state index in [1.807, 2.05) is 26.8 Å². The summed E-state index contributed by atoms with van der Waals surface area (Å²) in [5, 5.41) is 32.9. The predicted octanol–water partition coefficient (Wildman–Crippen LogP) is 5.74. The van der Waals surface area contributed by atoms with Gasteiger partial charge in [0.05, 0.1) is 41.0 Å². The minimum Gasteiger partial charge on any atom is -0.496 e. The van der Waals surface area contributed by atoms with Gasteiger partial charge >= 0.3 is 17.3 Å². The summed E-state index contributed by atoms with van der Waals surface area (Å²) in [6.07, 6.45) is 0.723. The summed E-state index contributed by atoms with van der Waals surface area (Å²) < 4.78 is 22.2. The number of rotatable bonds is 9. The molecule has 1 aliphatic heterocycles. The smallest absolute Gasteiger partial charge is 0.407 e. The van der Waals surface area contributed by atoms with E-state index in [0.29, 0.717) is 0 Å². The van der Waals surface area contributed by atoms with Gasteiger partial charge in [-0.05, 0) is 68.5 Å². The maximum absolute atomic E-state index is 15.5. The lowest BCUT2D eigenvalue weighted by Crippen LogP contribution is -2.56. The number of ether oxygens (including phenoxy) is 1. The lowest BCUT2D eigenvalue weighted by molar-refractivity contribution is -0.385. The quantitative estimate of drug-likeness (QED) is 0.163. The Hall–Kier alpha value is -4.82. The third-order valence-corrected chi connectivity index (χ3v) is 9.29. The summed E-state index contributed by atoms with van der Waals surface area (Å²) in [7, 11) is 1.36. The number of fused-ring (bicyclic) bond motifs is 1. The molecule has 1 fully saturated rings. The van der Waals surface area contributed by atoms with Crippen LogP contribution < -0.4 is 15.2 Å². The van der Waals surface area contributed by atoms with Gasteiger partial charge < -0.3 is 24.7 Å². The largest absolute Gasteiger partial charge is 0.496 e. The molecule has 13 nitrogen and oxygen atoms in total. The first-order valence-corrected chi connectivity index (χ1v) is 16.1. The number of halogens is 2. The summed E-state index contributed by atoms with van der Waals surface area (Å²) in [6.45, 7) is 8.57. The van der Waals surface area contributed by atoms with E-state index in [-0.39, 0.29) is 70.7 Å². The third kappa shape index (κ3) is 6.37. The second kappa shape index (κ2) is 13.6. The number of hydrogen-bond acceptors (Lipinski definition) is 9. The Bertz CT molecular complexity index is 2020. The molecule has 1 aliphatic rings. The number of amides is 1. The number of anilines is 1. The summed E-state index contributed by atoms with van der Waals surface area (Å²) in [4.78, 5) is 50.5. The fraction of sp³-hybridized carbons (Fsp3) is 0.412. The van der Waals surface area contributed by atoms with Crippen molar-refractivity contribution in [3.05, 3.63) is 84.7 Å². The second-order valence-electron chi connectivity index (χ2n) is 13.0. The van der Waals surface area contributed by atoms with E-state index in [0.717, 1.165) is 21.7 Å². The lowest BCUT2D eigenvalue weighted by atomic mass is 9.88. The molecule has 1 aromatic carbocycles. The Kier molecular flexibility index (Phi) is 9.84. The molecular formula is C34H38ClFN6O7. The highest BCUT2D eigenvalue weighted by molar-refractivity contribution is 6.34. The van der Waals surface area contributed by atoms with Crippen molar-refractivity contribution in [1.82, 2.24) is 19.4 Å². The van der Waals surface area contributed by atoms with Crippen LogP contribution in [0, 0.1) is 22.9 Å². The van der Waals surface area contributed by atoms with E-state index < -0.39 is 46.3 Å². The van der Waals surface area contributed by atoms with Crippen LogP contribution in [0.2, 0.25) is 5.02 Å². The standard InChI is InChI=1S/C34H38ClFN6O7/c1-18(2)27-22(19(3)10-11-37-27)15-34(4,5)41-31-21(14-23(35)28(38-31)26-24(36)8-7-9-25(26)49-6)29(30(32(41)44)42(47)48)40-13-12-39(33(45)46)16-20(40)17-43/h7-11,14,18,20,43H,12-13,15-17H2,1-6H3,(H,45,46)/t20-/m1/s1. The van der Waals surface area contributed by atoms with E-state index in [1.165, 1.54) is 40.8 Å². The number of nitro groups is 1. The zero-order valence-corrected chi connectivity index (χ0v) is 28.8. The number of aryl methyl sites for hydroxylation is 1. The molecule has 4 heterocycles. The fourth-order valence-electron chi connectivity index (χ4n) is 6.68. The molecule has 0 spiro atoms. The minimum absolute atomic E-state index is 0.0229. The average Bonchev–Trinajstić information content (AvgIpc) is 3.04. The number of carbonyl (C=O) groups is 1. The molecular weight excluding hydrogens is 659 g/mol. The van der Waals surface area contributed by atoms with Crippen LogP contribution in [0.1, 0.15) is 50.4 Å². The molecule has 1 amide bonds. The molecule has 0 saturated carbocycles. The van der Waals surface area contributed by atoms with Gasteiger partial charge in [0.25, 0.3) is 0 Å². The number of nitrogens with zero attached hydrogens (tertiary/aromatic N) is 6. The van der Waals surface area contributed by atoms with Crippen LogP contribution in [0.3, 0.4) is 0 Å². The number of aliphatic hydroxyl groups excluding tert-OH is 1. The van der Waals surface area contributed by atoms with Gasteiger partial charge in [-0.25, -0.2) is 14.2 Å². The van der Waals surface area contributed by atoms with Crippen LogP contribution in [0.25, 0.3) is 22.3 Å². The number of carboxylic acid groups (broad SMARTS) is 1. The molecule has 49 heavy (non-hydrogen) atoms. The van der Waals surface area contributed by atoms with Crippen molar-refractivity contribution in [2.45, 2.75) is 58.5 Å². The molecule has 2 N–H and O–H groups in total. The Morgan fingerprint density at radius 3 is 2.59 bits per heavy atom. The van der Waals surface area contributed by atoms with Gasteiger partial charge in [0.1, 0.15) is 22.9 Å². The summed E-state index contributed by atoms with van der Waals surface area (Å²) in [5.74, 6) is -0.532. The van der Waals surface area contributed by atoms with Gasteiger partial charge in [0.15, 0.2) is 0 Å². The molecule has 0 unspecified atom stereocenters. The summed E-state index contributed by atoms with van der Waals surface area (Å²) >= 11 is 6.82. The van der Waals surface area contributed by atoms with Crippen molar-refractivity contribution in [2.24, 2.45) is 0 Å². The van der Waals surface area contributed by atoms with Crippen molar-refractivity contribution in [3.8, 4) is 17.0 Å². The Labute approximate surface area is 286 Å². The molecule has 15 heteroatoms. The number of hydrogen-bond donors (Lipinski definition) is 2. The van der Waals surface area contributed by atoms with E-state index in [9.17, 15) is 29.9 Å². The molecule has 260 valence electrons. The maximum atomic E-state index is 15.5. The highest BCUT2D eigenvalue weighted by atomic mass is 35.5. The van der Waals surface area contributed by atoms with Gasteiger partial charge in [-0.15, -0.1) is 0 Å². The molecule has 1 saturated heterocycles. The number of aliphatic hydroxyl groups is 1. The molecule has 3 aromatic heterocycles. The van der Waals surface area contributed by atoms with E-state index in [2.05, 4.69) is 4.98 Å². The van der Waals surface area contributed by atoms with Crippen LogP contribution in [0.15, 0.2) is 41.3 Å². The van der Waals surface area contributed by atoms with Gasteiger partial charge in [0, 0.05) is 42.5 Å². The molecule has 5 rings (SSSR count). The van der Waals surface area contributed by atoms with Gasteiger partial charge in [-0.1, -0.05) is 31.5 Å². The first-order chi connectivity index (χ1) is 23.1. The lowest BCUT2D eigenvalue weighted by Gasteiger charge is -2.41. The van der Waals surface area contributed by atoms with E-state index in [1.54, 1.807) is 20.0 Å². The van der Waals surface area contributed by atoms with Crippen molar-refractivity contribution < 1.29 is 29.1 Å². The highest BCUT2D eigenvalue weighted by Gasteiger charge is 2.40. The van der Waals surface area contributed by atoms with Gasteiger partial charge in [-0.2, -0.15) is 0 Å². The Morgan fingerprint density at radius 1 is 1.27 bits per heavy atom. The first-order valence-electron chi connectivity index (χ1n) is 15.7. The Morgan fingerprint density at radius 2 is 1.98 bits per heavy atom. The summed E-state index contributed by atoms with van der Waals surface area (Å²) in [5.41, 5.74) is -0.655. The molecule has 1 atom stereocenters. The average molecular weight is 697 g/mol. The zero-order valence-electron chi connectivity index (χ0n) is 28.0. The van der Waals surface area contributed by atoms with Crippen LogP contribution >= 0.6 is 11.6 Å². The second-order valence-corrected chi connectivity index (χ2v) is 13.4. The predicted molar refractivity (Wildman–Crippen MR) is 184 cm³/mol. The van der Waals surface area contributed by atoms with Crippen LogP contribution in [0.4, 0.5) is 20.6 Å². The monoisotopic (exact) mass is 696 g/mol. The van der Waals surface area contributed by atoms with E-state index in [4.69, 9.17) is 21.3 Å². The SMILES string of the molecule is COc1cccc(F)c1-c1nc2c(cc1Cl)c(N1CCN(C(=O)O)C[C@@H]1CO)c([N+](=O)[O-])c(=O)n2C(C)(C)Cc1c(C)ccnc1C(C)C. The van der Waals surface area contributed by atoms with Gasteiger partial charge in [-0.3, -0.25) is 24.5 Å². The number of aromatic nitrogens is 3. The van der Waals surface area contributed by atoms with Crippen LogP contribution in [-0.2, 0) is 12.0 Å². The minimum atomic E-state index is -1.21. The van der Waals surface area contributed by atoms with E-state index >= 15 is 4.39 Å². The van der Waals surface area contributed by atoms with Crippen molar-refractivity contribution >= 4 is 40.1 Å². The zero-order chi connectivity index (χ0) is 35.9. The highest BCUT2D eigenvalue weighted by Crippen LogP contribution is 2.43. The number of benzene rings is 1. The number of pyridine rings is 3. The van der Waals surface area contributed by atoms with Crippen LogP contribution in [0.5, 0.6) is 5.75 Å². The normalized spacial score (nSPS) is 15.3.